The van der Waals surface area contributed by atoms with Crippen LogP contribution in [0.1, 0.15) is 76.1 Å². The van der Waals surface area contributed by atoms with Crippen molar-refractivity contribution in [3.8, 4) is 11.1 Å². The number of imidazole rings is 1. The third kappa shape index (κ3) is 5.98. The first-order valence-corrected chi connectivity index (χ1v) is 20.1. The highest BCUT2D eigenvalue weighted by Crippen LogP contribution is 2.40. The average Bonchev–Trinajstić information content (AvgIpc) is 4.06. The van der Waals surface area contributed by atoms with Gasteiger partial charge in [-0.15, -0.1) is 11.3 Å². The summed E-state index contributed by atoms with van der Waals surface area (Å²) < 4.78 is 18.0. The first-order valence-electron chi connectivity index (χ1n) is 19.2. The second kappa shape index (κ2) is 13.8. The van der Waals surface area contributed by atoms with Gasteiger partial charge in [-0.05, 0) is 72.2 Å². The number of nitrogens with one attached hydrogen (secondary N) is 2. The zero-order valence-corrected chi connectivity index (χ0v) is 31.3. The summed E-state index contributed by atoms with van der Waals surface area (Å²) in [7, 11) is 0. The highest BCUT2D eigenvalue weighted by molar-refractivity contribution is 7.13. The number of thiazole rings is 1. The van der Waals surface area contributed by atoms with Gasteiger partial charge in [0.05, 0.1) is 24.5 Å². The van der Waals surface area contributed by atoms with E-state index in [2.05, 4.69) is 48.6 Å². The van der Waals surface area contributed by atoms with E-state index in [1.165, 1.54) is 22.3 Å². The van der Waals surface area contributed by atoms with E-state index >= 15 is 4.39 Å². The lowest BCUT2D eigenvalue weighted by Crippen LogP contribution is -2.46. The topological polar surface area (TPSA) is 133 Å². The Morgan fingerprint density at radius 2 is 1.86 bits per heavy atom. The predicted octanol–water partition coefficient (Wildman–Crippen LogP) is 5.41. The number of hydrogen-bond acceptors (Lipinski definition) is 9. The van der Waals surface area contributed by atoms with Crippen LogP contribution >= 0.6 is 11.3 Å². The maximum absolute atomic E-state index is 15.9. The molecule has 0 aliphatic carbocycles. The summed E-state index contributed by atoms with van der Waals surface area (Å²) in [5.41, 5.74) is 6.58. The summed E-state index contributed by atoms with van der Waals surface area (Å²) in [6.07, 6.45) is 6.92. The summed E-state index contributed by atoms with van der Waals surface area (Å²) in [6.45, 7) is 3.28. The lowest BCUT2D eigenvalue weighted by molar-refractivity contribution is -0.134. The first-order chi connectivity index (χ1) is 27.3. The van der Waals surface area contributed by atoms with Gasteiger partial charge < -0.3 is 14.4 Å². The molecule has 3 aromatic carbocycles. The number of piperidine rings is 1. The first kappa shape index (κ1) is 34.7. The Hall–Kier alpha value is -5.73. The molecule has 2 N–H and O–H groups in total. The van der Waals surface area contributed by atoms with E-state index in [1.54, 1.807) is 24.0 Å². The van der Waals surface area contributed by atoms with Crippen LogP contribution in [0.15, 0.2) is 78.6 Å². The number of halogens is 1. The summed E-state index contributed by atoms with van der Waals surface area (Å²) in [4.78, 5) is 67.6. The molecule has 10 rings (SSSR count). The van der Waals surface area contributed by atoms with Crippen molar-refractivity contribution in [2.75, 3.05) is 23.3 Å². The van der Waals surface area contributed by atoms with Gasteiger partial charge in [-0.25, -0.2) is 14.4 Å². The van der Waals surface area contributed by atoms with Crippen molar-refractivity contribution in [3.63, 3.8) is 0 Å². The van der Waals surface area contributed by atoms with Crippen molar-refractivity contribution in [3.05, 3.63) is 118 Å². The van der Waals surface area contributed by atoms with Crippen molar-refractivity contribution in [2.24, 2.45) is 0 Å². The molecular formula is C42H39FN8O4S. The lowest BCUT2D eigenvalue weighted by atomic mass is 9.87. The lowest BCUT2D eigenvalue weighted by Gasteiger charge is -2.36. The number of aryl methyl sites for hydroxylation is 1. The smallest absolute Gasteiger partial charge is 0.255 e. The Bertz CT molecular complexity index is 2400. The quantitative estimate of drug-likeness (QED) is 0.190. The van der Waals surface area contributed by atoms with Gasteiger partial charge in [0, 0.05) is 78.8 Å². The number of nitrogens with zero attached hydrogens (tertiary/aromatic N) is 6. The third-order valence-corrected chi connectivity index (χ3v) is 12.9. The zero-order valence-electron chi connectivity index (χ0n) is 30.5. The van der Waals surface area contributed by atoms with Gasteiger partial charge in [0.2, 0.25) is 11.8 Å². The Kier molecular flexibility index (Phi) is 8.55. The van der Waals surface area contributed by atoms with Crippen LogP contribution < -0.4 is 15.5 Å². The predicted molar refractivity (Wildman–Crippen MR) is 207 cm³/mol. The summed E-state index contributed by atoms with van der Waals surface area (Å²) in [5.74, 6) is -2.05. The number of fused-ring (bicyclic) bond motifs is 4. The minimum Gasteiger partial charge on any atom is -0.366 e. The Balaban J connectivity index is 0.845. The Morgan fingerprint density at radius 1 is 1.00 bits per heavy atom. The molecular weight excluding hydrogens is 732 g/mol. The number of rotatable bonds is 9. The van der Waals surface area contributed by atoms with Crippen LogP contribution in [0.5, 0.6) is 0 Å². The summed E-state index contributed by atoms with van der Waals surface area (Å²) in [5, 5.41) is 7.54. The fourth-order valence-corrected chi connectivity index (χ4v) is 10.0. The molecule has 2 bridgehead atoms. The number of piperazine rings is 1. The molecule has 2 unspecified atom stereocenters. The number of aromatic nitrogens is 3. The van der Waals surface area contributed by atoms with Crippen molar-refractivity contribution in [1.29, 1.82) is 0 Å². The van der Waals surface area contributed by atoms with E-state index in [4.69, 9.17) is 0 Å². The maximum atomic E-state index is 15.9. The molecule has 5 aromatic rings. The normalized spacial score (nSPS) is 22.1. The number of carbonyl (C=O) groups excluding carboxylic acids is 4. The van der Waals surface area contributed by atoms with E-state index in [0.717, 1.165) is 73.5 Å². The van der Waals surface area contributed by atoms with E-state index in [1.807, 2.05) is 34.9 Å². The molecule has 56 heavy (non-hydrogen) atoms. The third-order valence-electron chi connectivity index (χ3n) is 12.2. The second-order valence-corrected chi connectivity index (χ2v) is 16.3. The number of carbonyl (C=O) groups is 4. The molecule has 5 aliphatic rings. The van der Waals surface area contributed by atoms with Gasteiger partial charge in [-0.1, -0.05) is 36.4 Å². The van der Waals surface area contributed by atoms with Crippen LogP contribution in [0.25, 0.3) is 11.1 Å². The van der Waals surface area contributed by atoms with Crippen LogP contribution in [0.2, 0.25) is 0 Å². The van der Waals surface area contributed by atoms with Crippen molar-refractivity contribution in [1.82, 2.24) is 29.7 Å². The van der Waals surface area contributed by atoms with E-state index < -0.39 is 23.7 Å². The molecule has 3 fully saturated rings. The molecule has 14 heteroatoms. The standard InChI is InChI=1S/C42H39FN8O4S/c43-34-17-26(16-32-33(34)22-51(41(32)55)38(40(54)47-42-44-13-15-56-42)37-35-6-3-14-48(35)23-45-37)24-7-9-27(10-8-24)50-21-28-18-29(50)20-49(28)19-25-4-1-2-5-30(25)31-11-12-36(52)46-39(31)53/h1-2,4-5,7-10,13,15-17,23,28-29,31,38H,3,6,11-12,14,18-22H2,(H,44,47,54)(H,46,52,53)/t28-,29-,31?,38?/m1/s1. The molecule has 3 saturated heterocycles. The van der Waals surface area contributed by atoms with Crippen LogP contribution in [-0.4, -0.2) is 73.1 Å². The van der Waals surface area contributed by atoms with E-state index in [0.29, 0.717) is 41.3 Å². The highest BCUT2D eigenvalue weighted by Gasteiger charge is 2.44. The number of amides is 4. The van der Waals surface area contributed by atoms with Crippen LogP contribution in [-0.2, 0) is 40.4 Å². The number of hydrogen-bond donors (Lipinski definition) is 2. The molecule has 0 spiro atoms. The second-order valence-electron chi connectivity index (χ2n) is 15.4. The summed E-state index contributed by atoms with van der Waals surface area (Å²) >= 11 is 1.29. The summed E-state index contributed by atoms with van der Waals surface area (Å²) in [6, 6.07) is 19.1. The molecule has 12 nitrogen and oxygen atoms in total. The van der Waals surface area contributed by atoms with Gasteiger partial charge in [0.1, 0.15) is 5.82 Å². The fourth-order valence-electron chi connectivity index (χ4n) is 9.50. The SMILES string of the molecule is O=C1CCC(c2ccccc2CN2C[C@H]3C[C@@H]2CN3c2ccc(-c3cc(F)c4c(c3)C(=O)N(C(C(=O)Nc3nccs3)c3ncn5c3CCC5)C4)cc2)C(=O)N1. The highest BCUT2D eigenvalue weighted by atomic mass is 32.1. The van der Waals surface area contributed by atoms with Gasteiger partial charge in [0.15, 0.2) is 11.2 Å². The molecule has 7 heterocycles. The molecule has 2 aromatic heterocycles. The van der Waals surface area contributed by atoms with Crippen LogP contribution in [0, 0.1) is 5.82 Å². The fraction of sp³-hybridized carbons (Fsp3) is 0.333. The Labute approximate surface area is 326 Å². The number of anilines is 2. The maximum Gasteiger partial charge on any atom is 0.255 e. The number of benzene rings is 3. The van der Waals surface area contributed by atoms with Gasteiger partial charge in [-0.2, -0.15) is 0 Å². The van der Waals surface area contributed by atoms with Crippen molar-refractivity contribution >= 4 is 45.8 Å². The van der Waals surface area contributed by atoms with Crippen molar-refractivity contribution in [2.45, 2.75) is 75.8 Å². The largest absolute Gasteiger partial charge is 0.366 e. The monoisotopic (exact) mass is 770 g/mol. The van der Waals surface area contributed by atoms with Gasteiger partial charge in [0.25, 0.3) is 11.8 Å². The molecule has 4 amide bonds. The van der Waals surface area contributed by atoms with Gasteiger partial charge in [-0.3, -0.25) is 34.7 Å². The molecule has 284 valence electrons. The minimum atomic E-state index is -1.04. The minimum absolute atomic E-state index is 0.0431. The van der Waals surface area contributed by atoms with E-state index in [-0.39, 0.29) is 35.4 Å². The average molecular weight is 771 g/mol. The molecule has 5 aliphatic heterocycles. The van der Waals surface area contributed by atoms with Crippen molar-refractivity contribution < 1.29 is 23.6 Å². The van der Waals surface area contributed by atoms with Gasteiger partial charge >= 0.3 is 0 Å². The molecule has 0 radical (unpaired) electrons. The zero-order chi connectivity index (χ0) is 38.1. The molecule has 4 atom stereocenters. The Morgan fingerprint density at radius 3 is 2.64 bits per heavy atom. The van der Waals surface area contributed by atoms with Crippen LogP contribution in [0.4, 0.5) is 15.2 Å². The molecule has 0 saturated carbocycles. The van der Waals surface area contributed by atoms with E-state index in [9.17, 15) is 19.2 Å². The number of imide groups is 1. The van der Waals surface area contributed by atoms with Crippen LogP contribution in [0.3, 0.4) is 0 Å². The number of likely N-dealkylation sites (tertiary alicyclic amines) is 1.